The van der Waals surface area contributed by atoms with Crippen molar-refractivity contribution in [1.29, 1.82) is 0 Å². The number of fused-ring (bicyclic) bond motifs is 3. The number of aryl methyl sites for hydroxylation is 1. The largest absolute Gasteiger partial charge is 0.434 e. The highest BCUT2D eigenvalue weighted by molar-refractivity contribution is 5.99. The molecule has 1 aliphatic heterocycles. The van der Waals surface area contributed by atoms with Crippen LogP contribution < -0.4 is 4.90 Å². The summed E-state index contributed by atoms with van der Waals surface area (Å²) in [7, 11) is 0. The molecule has 0 amide bonds. The molecule has 1 aliphatic carbocycles. The Morgan fingerprint density at radius 2 is 1.93 bits per heavy atom. The smallest absolute Gasteiger partial charge is 0.341 e. The van der Waals surface area contributed by atoms with Crippen molar-refractivity contribution in [3.63, 3.8) is 0 Å². The first-order valence-electron chi connectivity index (χ1n) is 10.0. The predicted molar refractivity (Wildman–Crippen MR) is 108 cm³/mol. The predicted octanol–water partition coefficient (Wildman–Crippen LogP) is 5.62. The van der Waals surface area contributed by atoms with Gasteiger partial charge in [0, 0.05) is 35.7 Å². The number of hydrogen-bond acceptors (Lipinski definition) is 3. The minimum absolute atomic E-state index is 0.306. The maximum absolute atomic E-state index is 13.5. The summed E-state index contributed by atoms with van der Waals surface area (Å²) in [4.78, 5) is 11.0. The van der Waals surface area contributed by atoms with Crippen molar-refractivity contribution in [3.05, 3.63) is 41.7 Å². The molecule has 4 nitrogen and oxygen atoms in total. The zero-order valence-corrected chi connectivity index (χ0v) is 16.6. The van der Waals surface area contributed by atoms with Crippen LogP contribution in [0.4, 0.5) is 19.1 Å². The van der Waals surface area contributed by atoms with E-state index < -0.39 is 11.9 Å². The van der Waals surface area contributed by atoms with Crippen molar-refractivity contribution in [2.24, 2.45) is 5.41 Å². The standard InChI is InChI=1S/C22H23F3N4/c1-4-14(3)15-8-13(2)9-16-18(15)27-20(28-11-21(12-28)6-5-7-21)29-10-17(22(23,24)25)26-19(16)29/h8-10H,3-7,11-12H2,1-2H3. The first-order chi connectivity index (χ1) is 13.7. The Labute approximate surface area is 167 Å². The van der Waals surface area contributed by atoms with E-state index in [1.807, 2.05) is 26.0 Å². The number of rotatable bonds is 3. The summed E-state index contributed by atoms with van der Waals surface area (Å²) in [6.45, 7) is 9.79. The summed E-state index contributed by atoms with van der Waals surface area (Å²) in [5, 5.41) is 0.632. The van der Waals surface area contributed by atoms with Gasteiger partial charge in [0.15, 0.2) is 5.69 Å². The Bertz CT molecular complexity index is 1150. The van der Waals surface area contributed by atoms with E-state index in [0.717, 1.165) is 42.4 Å². The van der Waals surface area contributed by atoms with E-state index in [4.69, 9.17) is 4.98 Å². The van der Waals surface area contributed by atoms with E-state index in [9.17, 15) is 13.2 Å². The maximum atomic E-state index is 13.5. The fraction of sp³-hybridized carbons (Fsp3) is 0.455. The Morgan fingerprint density at radius 3 is 2.52 bits per heavy atom. The van der Waals surface area contributed by atoms with Crippen LogP contribution in [0.15, 0.2) is 24.9 Å². The van der Waals surface area contributed by atoms with Crippen LogP contribution in [0, 0.1) is 12.3 Å². The number of anilines is 1. The van der Waals surface area contributed by atoms with Gasteiger partial charge in [0.05, 0.1) is 5.52 Å². The third kappa shape index (κ3) is 2.74. The van der Waals surface area contributed by atoms with Gasteiger partial charge >= 0.3 is 6.18 Å². The van der Waals surface area contributed by atoms with Crippen molar-refractivity contribution in [1.82, 2.24) is 14.4 Å². The lowest BCUT2D eigenvalue weighted by molar-refractivity contribution is -0.140. The molecule has 0 radical (unpaired) electrons. The van der Waals surface area contributed by atoms with Crippen molar-refractivity contribution < 1.29 is 13.2 Å². The Hall–Kier alpha value is -2.57. The molecule has 0 unspecified atom stereocenters. The SMILES string of the molecule is C=C(CC)c1cc(C)cc2c1nc(N1CC3(CCC3)C1)n1cc(C(F)(F)F)nc21. The third-order valence-corrected chi connectivity index (χ3v) is 6.48. The molecule has 152 valence electrons. The minimum atomic E-state index is -4.50. The Morgan fingerprint density at radius 1 is 1.21 bits per heavy atom. The highest BCUT2D eigenvalue weighted by atomic mass is 19.4. The van der Waals surface area contributed by atoms with Crippen molar-refractivity contribution in [2.75, 3.05) is 18.0 Å². The van der Waals surface area contributed by atoms with Crippen LogP contribution in [0.2, 0.25) is 0 Å². The van der Waals surface area contributed by atoms with Crippen LogP contribution in [0.25, 0.3) is 22.1 Å². The second-order valence-corrected chi connectivity index (χ2v) is 8.60. The first kappa shape index (κ1) is 18.5. The highest BCUT2D eigenvalue weighted by Crippen LogP contribution is 2.49. The molecule has 2 aromatic heterocycles. The van der Waals surface area contributed by atoms with Crippen LogP contribution in [0.1, 0.15) is 49.4 Å². The Balaban J connectivity index is 1.78. The van der Waals surface area contributed by atoms with Crippen LogP contribution in [-0.2, 0) is 6.18 Å². The van der Waals surface area contributed by atoms with Gasteiger partial charge in [-0.2, -0.15) is 13.2 Å². The lowest BCUT2D eigenvalue weighted by Gasteiger charge is -2.56. The summed E-state index contributed by atoms with van der Waals surface area (Å²) >= 11 is 0. The number of imidazole rings is 1. The second kappa shape index (κ2) is 5.97. The molecule has 29 heavy (non-hydrogen) atoms. The fourth-order valence-corrected chi connectivity index (χ4v) is 4.66. The van der Waals surface area contributed by atoms with E-state index >= 15 is 0 Å². The summed E-state index contributed by atoms with van der Waals surface area (Å²) in [6.07, 6.45) is 0.941. The first-order valence-corrected chi connectivity index (χ1v) is 10.0. The molecule has 1 saturated carbocycles. The molecule has 2 aliphatic rings. The summed E-state index contributed by atoms with van der Waals surface area (Å²) in [5.74, 6) is 0.544. The van der Waals surface area contributed by atoms with Gasteiger partial charge in [-0.25, -0.2) is 9.97 Å². The summed E-state index contributed by atoms with van der Waals surface area (Å²) in [6, 6.07) is 3.88. The van der Waals surface area contributed by atoms with Gasteiger partial charge in [-0.05, 0) is 49.5 Å². The number of aromatic nitrogens is 3. The van der Waals surface area contributed by atoms with Crippen molar-refractivity contribution in [3.8, 4) is 0 Å². The molecule has 0 bridgehead atoms. The molecule has 1 spiro atoms. The normalized spacial score (nSPS) is 18.3. The molecule has 5 rings (SSSR count). The second-order valence-electron chi connectivity index (χ2n) is 8.60. The monoisotopic (exact) mass is 400 g/mol. The van der Waals surface area contributed by atoms with Gasteiger partial charge < -0.3 is 4.90 Å². The van der Waals surface area contributed by atoms with E-state index in [-0.39, 0.29) is 0 Å². The summed E-state index contributed by atoms with van der Waals surface area (Å²) in [5.41, 5.74) is 3.20. The van der Waals surface area contributed by atoms with Crippen molar-refractivity contribution >= 4 is 28.1 Å². The molecule has 0 N–H and O–H groups in total. The lowest BCUT2D eigenvalue weighted by Crippen LogP contribution is -2.60. The highest BCUT2D eigenvalue weighted by Gasteiger charge is 2.48. The number of alkyl halides is 3. The fourth-order valence-electron chi connectivity index (χ4n) is 4.66. The quantitative estimate of drug-likeness (QED) is 0.572. The maximum Gasteiger partial charge on any atom is 0.434 e. The van der Waals surface area contributed by atoms with Crippen LogP contribution in [-0.4, -0.2) is 27.5 Å². The minimum Gasteiger partial charge on any atom is -0.341 e. The van der Waals surface area contributed by atoms with Gasteiger partial charge in [-0.3, -0.25) is 4.40 Å². The molecule has 0 atom stereocenters. The molecule has 1 saturated heterocycles. The van der Waals surface area contributed by atoms with E-state index in [2.05, 4.69) is 16.5 Å². The number of hydrogen-bond donors (Lipinski definition) is 0. The van der Waals surface area contributed by atoms with E-state index in [1.54, 1.807) is 0 Å². The molecular formula is C22H23F3N4. The zero-order chi connectivity index (χ0) is 20.6. The molecular weight excluding hydrogens is 377 g/mol. The number of halogens is 3. The number of allylic oxidation sites excluding steroid dienone is 1. The van der Waals surface area contributed by atoms with Crippen molar-refractivity contribution in [2.45, 2.75) is 45.7 Å². The molecule has 7 heteroatoms. The molecule has 3 aromatic rings. The Kier molecular flexibility index (Phi) is 3.80. The molecule has 3 heterocycles. The van der Waals surface area contributed by atoms with E-state index in [1.165, 1.54) is 23.7 Å². The van der Waals surface area contributed by atoms with Crippen LogP contribution >= 0.6 is 0 Å². The van der Waals surface area contributed by atoms with Crippen LogP contribution in [0.3, 0.4) is 0 Å². The van der Waals surface area contributed by atoms with Gasteiger partial charge in [-0.15, -0.1) is 0 Å². The summed E-state index contributed by atoms with van der Waals surface area (Å²) < 4.78 is 41.9. The van der Waals surface area contributed by atoms with Gasteiger partial charge in [-0.1, -0.05) is 19.9 Å². The van der Waals surface area contributed by atoms with Crippen LogP contribution in [0.5, 0.6) is 0 Å². The molecule has 1 aromatic carbocycles. The van der Waals surface area contributed by atoms with Gasteiger partial charge in [0.2, 0.25) is 5.95 Å². The van der Waals surface area contributed by atoms with Gasteiger partial charge in [0.1, 0.15) is 5.65 Å². The number of benzene rings is 1. The lowest BCUT2D eigenvalue weighted by atomic mass is 9.64. The third-order valence-electron chi connectivity index (χ3n) is 6.48. The average molecular weight is 400 g/mol. The van der Waals surface area contributed by atoms with E-state index in [0.29, 0.717) is 27.9 Å². The molecule has 2 fully saturated rings. The number of nitrogens with zero attached hydrogens (tertiary/aromatic N) is 4. The zero-order valence-electron chi connectivity index (χ0n) is 16.6. The average Bonchev–Trinajstić information content (AvgIpc) is 3.04. The van der Waals surface area contributed by atoms with Gasteiger partial charge in [0.25, 0.3) is 0 Å². The topological polar surface area (TPSA) is 33.4 Å².